The molecule has 0 unspecified atom stereocenters. The fourth-order valence-corrected chi connectivity index (χ4v) is 2.28. The minimum absolute atomic E-state index is 0.0865. The van der Waals surface area contributed by atoms with Gasteiger partial charge in [-0.25, -0.2) is 4.68 Å². The Kier molecular flexibility index (Phi) is 4.34. The Morgan fingerprint density at radius 3 is 2.80 bits per heavy atom. The van der Waals surface area contributed by atoms with Gasteiger partial charge in [0.25, 0.3) is 5.69 Å². The van der Waals surface area contributed by atoms with E-state index in [9.17, 15) is 10.1 Å². The molecule has 6 nitrogen and oxygen atoms in total. The quantitative estimate of drug-likeness (QED) is 0.483. The van der Waals surface area contributed by atoms with E-state index >= 15 is 0 Å². The van der Waals surface area contributed by atoms with E-state index in [-0.39, 0.29) is 10.6 Å². The lowest BCUT2D eigenvalue weighted by Gasteiger charge is -2.09. The molecule has 2 rings (SSSR count). The van der Waals surface area contributed by atoms with Crippen LogP contribution in [-0.2, 0) is 6.42 Å². The highest BCUT2D eigenvalue weighted by molar-refractivity contribution is 6.17. The van der Waals surface area contributed by atoms with Crippen molar-refractivity contribution in [1.82, 2.24) is 15.0 Å². The average Bonchev–Trinajstić information content (AvgIpc) is 2.84. The number of nitro benzene ring substituents is 1. The first-order valence-corrected chi connectivity index (χ1v) is 6.80. The molecule has 1 aromatic carbocycles. The lowest BCUT2D eigenvalue weighted by Crippen LogP contribution is -2.04. The highest BCUT2D eigenvalue weighted by Gasteiger charge is 2.18. The van der Waals surface area contributed by atoms with Crippen LogP contribution in [0.25, 0.3) is 5.69 Å². The highest BCUT2D eigenvalue weighted by Crippen LogP contribution is 2.27. The summed E-state index contributed by atoms with van der Waals surface area (Å²) in [5.74, 6) is 0.571. The summed E-state index contributed by atoms with van der Waals surface area (Å²) in [7, 11) is 0. The van der Waals surface area contributed by atoms with Crippen molar-refractivity contribution in [3.8, 4) is 5.69 Å². The molecular formula is C13H15ClN4O2. The van der Waals surface area contributed by atoms with Crippen LogP contribution in [-0.4, -0.2) is 25.8 Å². The average molecular weight is 295 g/mol. The number of aromatic nitrogens is 3. The molecule has 0 N–H and O–H groups in total. The van der Waals surface area contributed by atoms with Crippen molar-refractivity contribution in [2.24, 2.45) is 0 Å². The van der Waals surface area contributed by atoms with Gasteiger partial charge in [0.15, 0.2) is 0 Å². The molecule has 0 spiro atoms. The Morgan fingerprint density at radius 2 is 2.15 bits per heavy atom. The van der Waals surface area contributed by atoms with Gasteiger partial charge in [0, 0.05) is 11.9 Å². The second-order valence-electron chi connectivity index (χ2n) is 4.58. The Hall–Kier alpha value is -1.95. The molecule has 0 amide bonds. The Labute approximate surface area is 121 Å². The predicted molar refractivity (Wildman–Crippen MR) is 76.5 cm³/mol. The minimum atomic E-state index is -0.385. The van der Waals surface area contributed by atoms with Crippen LogP contribution in [0.4, 0.5) is 5.69 Å². The van der Waals surface area contributed by atoms with Gasteiger partial charge in [0.1, 0.15) is 0 Å². The number of rotatable bonds is 5. The van der Waals surface area contributed by atoms with Gasteiger partial charge < -0.3 is 0 Å². The van der Waals surface area contributed by atoms with Crippen LogP contribution in [0.2, 0.25) is 0 Å². The number of halogens is 1. The highest BCUT2D eigenvalue weighted by atomic mass is 35.5. The largest absolute Gasteiger partial charge is 0.274 e. The Bertz CT molecular complexity index is 639. The number of alkyl halides is 1. The van der Waals surface area contributed by atoms with Crippen molar-refractivity contribution < 1.29 is 4.92 Å². The zero-order valence-corrected chi connectivity index (χ0v) is 12.1. The van der Waals surface area contributed by atoms with Crippen LogP contribution in [0.5, 0.6) is 0 Å². The van der Waals surface area contributed by atoms with E-state index in [2.05, 4.69) is 10.3 Å². The molecule has 1 heterocycles. The first kappa shape index (κ1) is 14.5. The minimum Gasteiger partial charge on any atom is -0.258 e. The molecule has 2 aromatic rings. The zero-order chi connectivity index (χ0) is 14.7. The summed E-state index contributed by atoms with van der Waals surface area (Å²) in [6.07, 6.45) is 3.37. The maximum Gasteiger partial charge on any atom is 0.274 e. The first-order valence-electron chi connectivity index (χ1n) is 6.26. The van der Waals surface area contributed by atoms with E-state index < -0.39 is 0 Å². The van der Waals surface area contributed by atoms with Crippen molar-refractivity contribution in [2.45, 2.75) is 26.7 Å². The molecule has 0 fully saturated rings. The van der Waals surface area contributed by atoms with Crippen LogP contribution in [0, 0.1) is 24.0 Å². The summed E-state index contributed by atoms with van der Waals surface area (Å²) < 4.78 is 1.60. The van der Waals surface area contributed by atoms with Crippen LogP contribution >= 0.6 is 11.6 Å². The third-order valence-corrected chi connectivity index (χ3v) is 3.40. The third kappa shape index (κ3) is 2.80. The lowest BCUT2D eigenvalue weighted by molar-refractivity contribution is -0.385. The summed E-state index contributed by atoms with van der Waals surface area (Å²) in [5.41, 5.74) is 3.13. The number of nitro groups is 1. The van der Waals surface area contributed by atoms with Crippen LogP contribution < -0.4 is 0 Å². The van der Waals surface area contributed by atoms with Crippen molar-refractivity contribution in [2.75, 3.05) is 5.88 Å². The van der Waals surface area contributed by atoms with E-state index in [4.69, 9.17) is 11.6 Å². The van der Waals surface area contributed by atoms with Gasteiger partial charge in [-0.15, -0.1) is 16.7 Å². The summed E-state index contributed by atoms with van der Waals surface area (Å²) in [6.45, 7) is 3.62. The van der Waals surface area contributed by atoms with Crippen LogP contribution in [0.15, 0.2) is 18.3 Å². The van der Waals surface area contributed by atoms with Gasteiger partial charge in [0.2, 0.25) is 0 Å². The molecule has 0 aliphatic rings. The maximum atomic E-state index is 11.0. The second kappa shape index (κ2) is 6.00. The van der Waals surface area contributed by atoms with Crippen molar-refractivity contribution in [1.29, 1.82) is 0 Å². The fraction of sp³-hybridized carbons (Fsp3) is 0.385. The number of hydrogen-bond donors (Lipinski definition) is 0. The SMILES string of the molecule is Cc1ccc([N+](=O)[O-])c(C)c1-n1cc(CCCCl)nn1. The summed E-state index contributed by atoms with van der Waals surface area (Å²) >= 11 is 5.65. The Morgan fingerprint density at radius 1 is 1.40 bits per heavy atom. The molecule has 0 atom stereocenters. The van der Waals surface area contributed by atoms with Gasteiger partial charge in [-0.2, -0.15) is 0 Å². The molecule has 0 radical (unpaired) electrons. The third-order valence-electron chi connectivity index (χ3n) is 3.14. The van der Waals surface area contributed by atoms with E-state index in [1.807, 2.05) is 6.92 Å². The van der Waals surface area contributed by atoms with Crippen LogP contribution in [0.3, 0.4) is 0 Å². The molecule has 1 aromatic heterocycles. The monoisotopic (exact) mass is 294 g/mol. The van der Waals surface area contributed by atoms with Crippen LogP contribution in [0.1, 0.15) is 23.2 Å². The standard InChI is InChI=1S/C13H15ClN4O2/c1-9-5-6-12(18(19)20)10(2)13(9)17-8-11(15-16-17)4-3-7-14/h5-6,8H,3-4,7H2,1-2H3. The van der Waals surface area contributed by atoms with Gasteiger partial charge >= 0.3 is 0 Å². The molecular weight excluding hydrogens is 280 g/mol. The smallest absolute Gasteiger partial charge is 0.258 e. The molecule has 106 valence electrons. The normalized spacial score (nSPS) is 10.8. The molecule has 20 heavy (non-hydrogen) atoms. The summed E-state index contributed by atoms with van der Waals surface area (Å²) in [5, 5.41) is 19.1. The zero-order valence-electron chi connectivity index (χ0n) is 11.3. The van der Waals surface area contributed by atoms with Gasteiger partial charge in [0.05, 0.1) is 28.1 Å². The van der Waals surface area contributed by atoms with E-state index in [0.29, 0.717) is 17.1 Å². The molecule has 7 heteroatoms. The fourth-order valence-electron chi connectivity index (χ4n) is 2.15. The predicted octanol–water partition coefficient (Wildman–Crippen LogP) is 2.96. The van der Waals surface area contributed by atoms with Crippen molar-refractivity contribution in [3.63, 3.8) is 0 Å². The van der Waals surface area contributed by atoms with Crippen molar-refractivity contribution >= 4 is 17.3 Å². The van der Waals surface area contributed by atoms with Gasteiger partial charge in [-0.1, -0.05) is 11.3 Å². The molecule has 0 aliphatic heterocycles. The molecule has 0 saturated carbocycles. The molecule has 0 aliphatic carbocycles. The first-order chi connectivity index (χ1) is 9.54. The van der Waals surface area contributed by atoms with Gasteiger partial charge in [-0.05, 0) is 32.3 Å². The summed E-state index contributed by atoms with van der Waals surface area (Å²) in [6, 6.07) is 3.24. The number of nitrogens with zero attached hydrogens (tertiary/aromatic N) is 4. The number of hydrogen-bond acceptors (Lipinski definition) is 4. The molecule has 0 bridgehead atoms. The second-order valence-corrected chi connectivity index (χ2v) is 4.96. The summed E-state index contributed by atoms with van der Waals surface area (Å²) in [4.78, 5) is 10.6. The van der Waals surface area contributed by atoms with Gasteiger partial charge in [-0.3, -0.25) is 10.1 Å². The Balaban J connectivity index is 2.44. The number of benzene rings is 1. The van der Waals surface area contributed by atoms with Crippen molar-refractivity contribution in [3.05, 3.63) is 45.3 Å². The molecule has 0 saturated heterocycles. The van der Waals surface area contributed by atoms with E-state index in [0.717, 1.165) is 24.1 Å². The topological polar surface area (TPSA) is 73.8 Å². The van der Waals surface area contributed by atoms with E-state index in [1.54, 1.807) is 23.9 Å². The lowest BCUT2D eigenvalue weighted by atomic mass is 10.1. The van der Waals surface area contributed by atoms with E-state index in [1.165, 1.54) is 6.07 Å². The number of aryl methyl sites for hydroxylation is 2. The maximum absolute atomic E-state index is 11.0.